The summed E-state index contributed by atoms with van der Waals surface area (Å²) in [5.41, 5.74) is 2.33. The van der Waals surface area contributed by atoms with E-state index in [-0.39, 0.29) is 12.4 Å². The highest BCUT2D eigenvalue weighted by molar-refractivity contribution is 7.91. The maximum absolute atomic E-state index is 12.4. The van der Waals surface area contributed by atoms with Crippen molar-refractivity contribution in [1.82, 2.24) is 9.88 Å². The first kappa shape index (κ1) is 18.6. The smallest absolute Gasteiger partial charge is 0.341 e. The standard InChI is InChI=1S/C18H23N3O4S/c1-4-25-18(22)13-11-20-14-5-6-15-12(7-10-26(15,23)24)16(14)17(13)19-8-9-21(2)3/h5-6,11H,4,7-10H2,1-3H3,(H,19,20). The molecular formula is C18H23N3O4S. The first-order valence-corrected chi connectivity index (χ1v) is 10.2. The molecule has 3 rings (SSSR count). The minimum atomic E-state index is -3.27. The quantitative estimate of drug-likeness (QED) is 0.767. The van der Waals surface area contributed by atoms with E-state index in [0.29, 0.717) is 40.0 Å². The second-order valence-electron chi connectivity index (χ2n) is 6.50. The van der Waals surface area contributed by atoms with Crippen molar-refractivity contribution in [3.63, 3.8) is 0 Å². The highest BCUT2D eigenvalue weighted by atomic mass is 32.2. The Hall–Kier alpha value is -2.19. The van der Waals surface area contributed by atoms with Crippen molar-refractivity contribution in [2.75, 3.05) is 44.9 Å². The lowest BCUT2D eigenvalue weighted by molar-refractivity contribution is 0.0527. The summed E-state index contributed by atoms with van der Waals surface area (Å²) in [7, 11) is 0.651. The first-order valence-electron chi connectivity index (χ1n) is 8.58. The van der Waals surface area contributed by atoms with Crippen molar-refractivity contribution < 1.29 is 17.9 Å². The van der Waals surface area contributed by atoms with Gasteiger partial charge in [0.1, 0.15) is 5.56 Å². The third kappa shape index (κ3) is 3.39. The molecule has 0 bridgehead atoms. The van der Waals surface area contributed by atoms with E-state index in [0.717, 1.165) is 12.1 Å². The van der Waals surface area contributed by atoms with E-state index in [1.54, 1.807) is 19.1 Å². The molecular weight excluding hydrogens is 354 g/mol. The molecule has 26 heavy (non-hydrogen) atoms. The van der Waals surface area contributed by atoms with Gasteiger partial charge in [-0.3, -0.25) is 4.98 Å². The molecule has 2 aromatic rings. The van der Waals surface area contributed by atoms with Gasteiger partial charge in [0.05, 0.1) is 28.5 Å². The highest BCUT2D eigenvalue weighted by Gasteiger charge is 2.30. The zero-order valence-electron chi connectivity index (χ0n) is 15.2. The van der Waals surface area contributed by atoms with Crippen LogP contribution >= 0.6 is 0 Å². The summed E-state index contributed by atoms with van der Waals surface area (Å²) >= 11 is 0. The molecule has 0 saturated heterocycles. The Morgan fingerprint density at radius 2 is 2.12 bits per heavy atom. The number of aromatic nitrogens is 1. The number of likely N-dealkylation sites (N-methyl/N-ethyl adjacent to an activating group) is 1. The number of sulfone groups is 1. The summed E-state index contributed by atoms with van der Waals surface area (Å²) in [6, 6.07) is 3.31. The number of aryl methyl sites for hydroxylation is 1. The number of nitrogens with one attached hydrogen (secondary N) is 1. The fourth-order valence-corrected chi connectivity index (χ4v) is 4.72. The van der Waals surface area contributed by atoms with E-state index in [9.17, 15) is 13.2 Å². The monoisotopic (exact) mass is 377 g/mol. The number of hydrogen-bond acceptors (Lipinski definition) is 7. The minimum absolute atomic E-state index is 0.0855. The summed E-state index contributed by atoms with van der Waals surface area (Å²) in [6.45, 7) is 3.37. The van der Waals surface area contributed by atoms with Crippen LogP contribution in [0.2, 0.25) is 0 Å². The highest BCUT2D eigenvalue weighted by Crippen LogP contribution is 2.37. The molecule has 1 aromatic heterocycles. The average Bonchev–Trinajstić information content (AvgIpc) is 2.89. The van der Waals surface area contributed by atoms with E-state index < -0.39 is 15.8 Å². The largest absolute Gasteiger partial charge is 0.462 e. The normalized spacial score (nSPS) is 15.2. The number of nitrogens with zero attached hydrogens (tertiary/aromatic N) is 2. The lowest BCUT2D eigenvalue weighted by atomic mass is 10.0. The lowest BCUT2D eigenvalue weighted by Crippen LogP contribution is -2.22. The Bertz CT molecular complexity index is 955. The number of carbonyl (C=O) groups is 1. The Labute approximate surface area is 153 Å². The molecule has 2 heterocycles. The molecule has 140 valence electrons. The number of ether oxygens (including phenoxy) is 1. The van der Waals surface area contributed by atoms with Crippen LogP contribution in [0.15, 0.2) is 23.2 Å². The second kappa shape index (κ2) is 7.20. The number of esters is 1. The number of hydrogen-bond donors (Lipinski definition) is 1. The number of rotatable bonds is 6. The van der Waals surface area contributed by atoms with Gasteiger partial charge in [0, 0.05) is 24.7 Å². The zero-order chi connectivity index (χ0) is 18.9. The van der Waals surface area contributed by atoms with Crippen LogP contribution in [-0.2, 0) is 21.0 Å². The molecule has 0 atom stereocenters. The summed E-state index contributed by atoms with van der Waals surface area (Å²) in [4.78, 5) is 19.1. The average molecular weight is 377 g/mol. The van der Waals surface area contributed by atoms with Crippen molar-refractivity contribution in [2.45, 2.75) is 18.2 Å². The van der Waals surface area contributed by atoms with Gasteiger partial charge in [-0.1, -0.05) is 0 Å². The van der Waals surface area contributed by atoms with Crippen LogP contribution < -0.4 is 5.32 Å². The van der Waals surface area contributed by atoms with Crippen molar-refractivity contribution in [3.8, 4) is 0 Å². The molecule has 1 aliphatic rings. The van der Waals surface area contributed by atoms with Gasteiger partial charge in [0.25, 0.3) is 0 Å². The van der Waals surface area contributed by atoms with Gasteiger partial charge in [-0.2, -0.15) is 0 Å². The third-order valence-corrected chi connectivity index (χ3v) is 6.21. The van der Waals surface area contributed by atoms with Crippen LogP contribution in [0, 0.1) is 0 Å². The topological polar surface area (TPSA) is 88.6 Å². The van der Waals surface area contributed by atoms with E-state index in [1.165, 1.54) is 6.20 Å². The van der Waals surface area contributed by atoms with Crippen LogP contribution in [-0.4, -0.2) is 63.8 Å². The number of anilines is 1. The molecule has 0 spiro atoms. The molecule has 8 heteroatoms. The van der Waals surface area contributed by atoms with Crippen molar-refractivity contribution in [2.24, 2.45) is 0 Å². The van der Waals surface area contributed by atoms with Gasteiger partial charge >= 0.3 is 5.97 Å². The minimum Gasteiger partial charge on any atom is -0.462 e. The van der Waals surface area contributed by atoms with Gasteiger partial charge in [-0.05, 0) is 45.1 Å². The van der Waals surface area contributed by atoms with Crippen LogP contribution in [0.5, 0.6) is 0 Å². The molecule has 1 aliphatic heterocycles. The third-order valence-electron chi connectivity index (χ3n) is 4.41. The van der Waals surface area contributed by atoms with Crippen molar-refractivity contribution >= 4 is 32.4 Å². The van der Waals surface area contributed by atoms with Crippen LogP contribution in [0.3, 0.4) is 0 Å². The molecule has 0 unspecified atom stereocenters. The molecule has 0 aliphatic carbocycles. The van der Waals surface area contributed by atoms with Gasteiger partial charge in [-0.25, -0.2) is 13.2 Å². The molecule has 1 aromatic carbocycles. The maximum atomic E-state index is 12.4. The Balaban J connectivity index is 2.20. The van der Waals surface area contributed by atoms with Gasteiger partial charge < -0.3 is 15.0 Å². The zero-order valence-corrected chi connectivity index (χ0v) is 16.0. The Morgan fingerprint density at radius 3 is 2.81 bits per heavy atom. The van der Waals surface area contributed by atoms with Crippen LogP contribution in [0.1, 0.15) is 22.8 Å². The van der Waals surface area contributed by atoms with Gasteiger partial charge in [0.15, 0.2) is 9.84 Å². The first-order chi connectivity index (χ1) is 12.3. The molecule has 7 nitrogen and oxygen atoms in total. The molecule has 0 radical (unpaired) electrons. The van der Waals surface area contributed by atoms with Crippen molar-refractivity contribution in [1.29, 1.82) is 0 Å². The van der Waals surface area contributed by atoms with E-state index in [1.807, 2.05) is 19.0 Å². The SMILES string of the molecule is CCOC(=O)c1cnc2ccc3c(c2c1NCCN(C)C)CCS3(=O)=O. The Morgan fingerprint density at radius 1 is 1.35 bits per heavy atom. The fraction of sp³-hybridized carbons (Fsp3) is 0.444. The van der Waals surface area contributed by atoms with E-state index >= 15 is 0 Å². The summed E-state index contributed by atoms with van der Waals surface area (Å²) in [6.07, 6.45) is 1.92. The number of benzene rings is 1. The summed E-state index contributed by atoms with van der Waals surface area (Å²) < 4.78 is 29.7. The predicted molar refractivity (Wildman–Crippen MR) is 101 cm³/mol. The van der Waals surface area contributed by atoms with Crippen molar-refractivity contribution in [3.05, 3.63) is 29.5 Å². The molecule has 0 saturated carbocycles. The van der Waals surface area contributed by atoms with Crippen LogP contribution in [0.25, 0.3) is 10.9 Å². The fourth-order valence-electron chi connectivity index (χ4n) is 3.17. The van der Waals surface area contributed by atoms with Crippen LogP contribution in [0.4, 0.5) is 5.69 Å². The lowest BCUT2D eigenvalue weighted by Gasteiger charge is -2.17. The molecule has 0 amide bonds. The summed E-state index contributed by atoms with van der Waals surface area (Å²) in [5.74, 6) is -0.380. The number of fused-ring (bicyclic) bond motifs is 3. The van der Waals surface area contributed by atoms with E-state index in [4.69, 9.17) is 4.74 Å². The van der Waals surface area contributed by atoms with Gasteiger partial charge in [0.2, 0.25) is 0 Å². The van der Waals surface area contributed by atoms with Gasteiger partial charge in [-0.15, -0.1) is 0 Å². The molecule has 0 fully saturated rings. The van der Waals surface area contributed by atoms with E-state index in [2.05, 4.69) is 10.3 Å². The summed E-state index contributed by atoms with van der Waals surface area (Å²) in [5, 5.41) is 4.01. The molecule has 1 N–H and O–H groups in total. The second-order valence-corrected chi connectivity index (χ2v) is 8.58. The predicted octanol–water partition coefficient (Wildman–Crippen LogP) is 1.71. The number of pyridine rings is 1. The maximum Gasteiger partial charge on any atom is 0.341 e. The number of carbonyl (C=O) groups excluding carboxylic acids is 1. The Kier molecular flexibility index (Phi) is 5.15.